The predicted molar refractivity (Wildman–Crippen MR) is 49.0 cm³/mol. The number of thiol groups is 1. The number of carbonyl (C=O) groups is 1. The Hall–Kier alpha value is -0.180. The molecule has 0 aliphatic heterocycles. The first-order chi connectivity index (χ1) is 5.29. The molecule has 1 saturated carbocycles. The highest BCUT2D eigenvalue weighted by Gasteiger charge is 2.13. The van der Waals surface area contributed by atoms with Crippen molar-refractivity contribution >= 4 is 17.9 Å². The first-order valence-electron chi connectivity index (χ1n) is 4.26. The van der Waals surface area contributed by atoms with E-state index in [1.54, 1.807) is 0 Å². The molecule has 64 valence electrons. The molecular formula is C8H15NOS. The topological polar surface area (TPSA) is 29.1 Å². The zero-order valence-electron chi connectivity index (χ0n) is 6.68. The van der Waals surface area contributed by atoms with Gasteiger partial charge in [0.1, 0.15) is 0 Å². The Morgan fingerprint density at radius 3 is 2.64 bits per heavy atom. The molecule has 0 heterocycles. The quantitative estimate of drug-likeness (QED) is 0.629. The maximum Gasteiger partial charge on any atom is 0.275 e. The number of carbonyl (C=O) groups excluding carboxylic acids is 1. The van der Waals surface area contributed by atoms with E-state index in [1.807, 2.05) is 0 Å². The van der Waals surface area contributed by atoms with Gasteiger partial charge >= 0.3 is 0 Å². The summed E-state index contributed by atoms with van der Waals surface area (Å²) in [6, 6.07) is 0. The van der Waals surface area contributed by atoms with Crippen LogP contribution in [0, 0.1) is 5.92 Å². The second-order valence-corrected chi connectivity index (χ2v) is 3.58. The average Bonchev–Trinajstić information content (AvgIpc) is 2.39. The van der Waals surface area contributed by atoms with Crippen LogP contribution in [0.4, 0.5) is 4.79 Å². The number of nitrogens with one attached hydrogen (secondary N) is 1. The Bertz CT molecular complexity index is 132. The molecule has 1 aliphatic carbocycles. The highest BCUT2D eigenvalue weighted by Crippen LogP contribution is 2.26. The van der Waals surface area contributed by atoms with Gasteiger partial charge in [0.15, 0.2) is 0 Å². The van der Waals surface area contributed by atoms with E-state index >= 15 is 0 Å². The SMILES string of the molecule is O=C(S)NCCC1CCCC1. The molecule has 3 heteroatoms. The molecule has 0 saturated heterocycles. The van der Waals surface area contributed by atoms with Crippen LogP contribution in [0.5, 0.6) is 0 Å². The maximum absolute atomic E-state index is 10.4. The lowest BCUT2D eigenvalue weighted by molar-refractivity contribution is 0.260. The zero-order valence-corrected chi connectivity index (χ0v) is 7.57. The third-order valence-corrected chi connectivity index (χ3v) is 2.46. The van der Waals surface area contributed by atoms with Crippen molar-refractivity contribution in [2.45, 2.75) is 32.1 Å². The van der Waals surface area contributed by atoms with Crippen molar-refractivity contribution in [3.8, 4) is 0 Å². The van der Waals surface area contributed by atoms with Gasteiger partial charge in [-0.05, 0) is 12.3 Å². The lowest BCUT2D eigenvalue weighted by atomic mass is 10.0. The smallest absolute Gasteiger partial charge is 0.275 e. The Labute approximate surface area is 73.2 Å². The fourth-order valence-corrected chi connectivity index (χ4v) is 1.79. The van der Waals surface area contributed by atoms with Crippen LogP contribution in [0.1, 0.15) is 32.1 Å². The molecule has 11 heavy (non-hydrogen) atoms. The first kappa shape index (κ1) is 8.91. The molecule has 2 nitrogen and oxygen atoms in total. The molecular weight excluding hydrogens is 158 g/mol. The molecule has 1 aliphatic rings. The van der Waals surface area contributed by atoms with Crippen LogP contribution in [0.25, 0.3) is 0 Å². The van der Waals surface area contributed by atoms with Crippen LogP contribution in [0.15, 0.2) is 0 Å². The van der Waals surface area contributed by atoms with Crippen molar-refractivity contribution in [3.05, 3.63) is 0 Å². The minimum Gasteiger partial charge on any atom is -0.347 e. The highest BCUT2D eigenvalue weighted by atomic mass is 32.1. The van der Waals surface area contributed by atoms with Crippen LogP contribution in [0.2, 0.25) is 0 Å². The summed E-state index contributed by atoms with van der Waals surface area (Å²) < 4.78 is 0. The van der Waals surface area contributed by atoms with E-state index in [2.05, 4.69) is 17.9 Å². The third-order valence-electron chi connectivity index (χ3n) is 2.30. The fourth-order valence-electron chi connectivity index (χ4n) is 1.68. The van der Waals surface area contributed by atoms with E-state index < -0.39 is 0 Å². The van der Waals surface area contributed by atoms with Crippen molar-refractivity contribution in [3.63, 3.8) is 0 Å². The van der Waals surface area contributed by atoms with Crippen LogP contribution >= 0.6 is 12.6 Å². The molecule has 0 radical (unpaired) electrons. The van der Waals surface area contributed by atoms with Gasteiger partial charge in [-0.2, -0.15) is 0 Å². The normalized spacial score (nSPS) is 18.6. The van der Waals surface area contributed by atoms with E-state index in [4.69, 9.17) is 0 Å². The molecule has 1 fully saturated rings. The minimum absolute atomic E-state index is 0.206. The second-order valence-electron chi connectivity index (χ2n) is 3.17. The van der Waals surface area contributed by atoms with Crippen LogP contribution in [-0.2, 0) is 0 Å². The fraction of sp³-hybridized carbons (Fsp3) is 0.875. The number of amides is 1. The molecule has 0 bridgehead atoms. The summed E-state index contributed by atoms with van der Waals surface area (Å²) in [5.74, 6) is 0.857. The van der Waals surface area contributed by atoms with E-state index in [-0.39, 0.29) is 5.24 Å². The van der Waals surface area contributed by atoms with E-state index in [9.17, 15) is 4.79 Å². The average molecular weight is 173 g/mol. The van der Waals surface area contributed by atoms with E-state index in [0.29, 0.717) is 0 Å². The molecule has 0 atom stereocenters. The van der Waals surface area contributed by atoms with Gasteiger partial charge in [0, 0.05) is 6.54 Å². The van der Waals surface area contributed by atoms with Crippen molar-refractivity contribution in [1.82, 2.24) is 5.32 Å². The van der Waals surface area contributed by atoms with Gasteiger partial charge in [-0.1, -0.05) is 38.3 Å². The maximum atomic E-state index is 10.4. The van der Waals surface area contributed by atoms with Crippen LogP contribution in [0.3, 0.4) is 0 Å². The zero-order chi connectivity index (χ0) is 8.10. The predicted octanol–water partition coefficient (Wildman–Crippen LogP) is 2.21. The van der Waals surface area contributed by atoms with Crippen LogP contribution in [-0.4, -0.2) is 11.8 Å². The summed E-state index contributed by atoms with van der Waals surface area (Å²) in [5, 5.41) is 2.49. The molecule has 0 aromatic carbocycles. The Kier molecular flexibility index (Phi) is 3.77. The number of rotatable bonds is 3. The number of hydrogen-bond acceptors (Lipinski definition) is 1. The molecule has 1 amide bonds. The summed E-state index contributed by atoms with van der Waals surface area (Å²) in [5.41, 5.74) is 0. The lowest BCUT2D eigenvalue weighted by Gasteiger charge is -2.07. The summed E-state index contributed by atoms with van der Waals surface area (Å²) in [6.07, 6.45) is 6.58. The van der Waals surface area contributed by atoms with Gasteiger partial charge in [-0.3, -0.25) is 4.79 Å². The Morgan fingerprint density at radius 1 is 1.45 bits per heavy atom. The minimum atomic E-state index is -0.206. The highest BCUT2D eigenvalue weighted by molar-refractivity contribution is 7.96. The van der Waals surface area contributed by atoms with Crippen molar-refractivity contribution in [1.29, 1.82) is 0 Å². The molecule has 0 spiro atoms. The van der Waals surface area contributed by atoms with Gasteiger partial charge in [-0.25, -0.2) is 0 Å². The monoisotopic (exact) mass is 173 g/mol. The van der Waals surface area contributed by atoms with Gasteiger partial charge in [0.2, 0.25) is 0 Å². The van der Waals surface area contributed by atoms with Crippen molar-refractivity contribution in [2.75, 3.05) is 6.54 Å². The van der Waals surface area contributed by atoms with Gasteiger partial charge in [0.25, 0.3) is 5.24 Å². The number of hydrogen-bond donors (Lipinski definition) is 2. The van der Waals surface area contributed by atoms with Crippen LogP contribution < -0.4 is 5.32 Å². The molecule has 1 rings (SSSR count). The summed E-state index contributed by atoms with van der Waals surface area (Å²) >= 11 is 3.62. The molecule has 0 aromatic rings. The molecule has 1 N–H and O–H groups in total. The first-order valence-corrected chi connectivity index (χ1v) is 4.70. The van der Waals surface area contributed by atoms with E-state index in [1.165, 1.54) is 25.7 Å². The largest absolute Gasteiger partial charge is 0.347 e. The van der Waals surface area contributed by atoms with Gasteiger partial charge in [0.05, 0.1) is 0 Å². The van der Waals surface area contributed by atoms with Crippen molar-refractivity contribution < 1.29 is 4.79 Å². The van der Waals surface area contributed by atoms with Crippen molar-refractivity contribution in [2.24, 2.45) is 5.92 Å². The lowest BCUT2D eigenvalue weighted by Crippen LogP contribution is -2.19. The summed E-state index contributed by atoms with van der Waals surface area (Å²) in [4.78, 5) is 10.4. The standard InChI is InChI=1S/C8H15NOS/c10-8(11)9-6-5-7-3-1-2-4-7/h7H,1-6H2,(H2,9,10,11). The third kappa shape index (κ3) is 3.65. The summed E-state index contributed by atoms with van der Waals surface area (Å²) in [6.45, 7) is 0.799. The van der Waals surface area contributed by atoms with Gasteiger partial charge < -0.3 is 5.32 Å². The Balaban J connectivity index is 1.98. The Morgan fingerprint density at radius 2 is 2.09 bits per heavy atom. The summed E-state index contributed by atoms with van der Waals surface area (Å²) in [7, 11) is 0. The molecule has 0 aromatic heterocycles. The molecule has 0 unspecified atom stereocenters. The van der Waals surface area contributed by atoms with Gasteiger partial charge in [-0.15, -0.1) is 0 Å². The second kappa shape index (κ2) is 4.65. The van der Waals surface area contributed by atoms with E-state index in [0.717, 1.165) is 18.9 Å².